The maximum absolute atomic E-state index is 11.5. The molecule has 0 bridgehead atoms. The Morgan fingerprint density at radius 3 is 2.67 bits per heavy atom. The van der Waals surface area contributed by atoms with Gasteiger partial charge in [-0.05, 0) is 38.6 Å². The van der Waals surface area contributed by atoms with Gasteiger partial charge < -0.3 is 15.8 Å². The molecule has 0 radical (unpaired) electrons. The zero-order valence-electron chi connectivity index (χ0n) is 11.0. The molecule has 4 nitrogen and oxygen atoms in total. The van der Waals surface area contributed by atoms with Crippen molar-refractivity contribution in [2.45, 2.75) is 39.3 Å². The van der Waals surface area contributed by atoms with Crippen molar-refractivity contribution in [1.82, 2.24) is 5.32 Å². The number of hydrogen-bond acceptors (Lipinski definition) is 4. The lowest BCUT2D eigenvalue weighted by Gasteiger charge is -2.20. The van der Waals surface area contributed by atoms with Gasteiger partial charge >= 0.3 is 6.09 Å². The van der Waals surface area contributed by atoms with Crippen LogP contribution < -0.4 is 11.1 Å². The largest absolute Gasteiger partial charge is 0.444 e. The number of hydrogen-bond donors (Lipinski definition) is 2. The number of carbonyl (C=O) groups is 1. The van der Waals surface area contributed by atoms with Gasteiger partial charge in [0.2, 0.25) is 0 Å². The summed E-state index contributed by atoms with van der Waals surface area (Å²) in [5, 5.41) is 5.26. The molecular weight excluding hydrogens is 272 g/mol. The summed E-state index contributed by atoms with van der Waals surface area (Å²) < 4.78 is 5.12. The predicted octanol–water partition coefficient (Wildman–Crippen LogP) is 3.23. The molecule has 0 aromatic carbocycles. The summed E-state index contributed by atoms with van der Waals surface area (Å²) in [7, 11) is 0. The van der Waals surface area contributed by atoms with Crippen LogP contribution in [0.25, 0.3) is 0 Å². The van der Waals surface area contributed by atoms with E-state index in [1.54, 1.807) is 0 Å². The average molecular weight is 291 g/mol. The van der Waals surface area contributed by atoms with Crippen LogP contribution in [-0.4, -0.2) is 18.2 Å². The summed E-state index contributed by atoms with van der Waals surface area (Å²) in [6.45, 7) is 7.66. The maximum Gasteiger partial charge on any atom is 0.407 e. The molecule has 0 spiro atoms. The molecule has 1 amide bonds. The molecule has 0 saturated carbocycles. The fourth-order valence-electron chi connectivity index (χ4n) is 1.30. The molecule has 0 fully saturated rings. The van der Waals surface area contributed by atoms with Crippen molar-refractivity contribution in [3.63, 3.8) is 0 Å². The van der Waals surface area contributed by atoms with Crippen LogP contribution in [0.1, 0.15) is 37.3 Å². The van der Waals surface area contributed by atoms with Gasteiger partial charge in [0.15, 0.2) is 0 Å². The van der Waals surface area contributed by atoms with Crippen molar-refractivity contribution >= 4 is 29.0 Å². The van der Waals surface area contributed by atoms with Crippen LogP contribution >= 0.6 is 22.9 Å². The Kier molecular flexibility index (Phi) is 5.01. The second kappa shape index (κ2) is 5.91. The third-order valence-corrected chi connectivity index (χ3v) is 3.97. The van der Waals surface area contributed by atoms with E-state index in [1.165, 1.54) is 11.3 Å². The summed E-state index contributed by atoms with van der Waals surface area (Å²) in [4.78, 5) is 12.3. The number of amides is 1. The van der Waals surface area contributed by atoms with Crippen molar-refractivity contribution in [2.75, 3.05) is 6.54 Å². The minimum absolute atomic E-state index is 0.300. The van der Waals surface area contributed by atoms with Gasteiger partial charge in [-0.15, -0.1) is 11.3 Å². The van der Waals surface area contributed by atoms with Crippen molar-refractivity contribution < 1.29 is 9.53 Å². The first kappa shape index (κ1) is 15.3. The maximum atomic E-state index is 11.5. The first-order chi connectivity index (χ1) is 8.20. The molecule has 0 aliphatic heterocycles. The molecule has 1 atom stereocenters. The molecule has 6 heteroatoms. The van der Waals surface area contributed by atoms with Crippen LogP contribution in [-0.2, 0) is 4.74 Å². The zero-order chi connectivity index (χ0) is 13.9. The standard InChI is InChI=1S/C12H19ClN2O2S/c1-7-6-18-10(9(7)13)8(14)5-15-11(16)17-12(2,3)4/h6,8H,5,14H2,1-4H3,(H,15,16). The highest BCUT2D eigenvalue weighted by Crippen LogP contribution is 2.31. The molecule has 18 heavy (non-hydrogen) atoms. The van der Waals surface area contributed by atoms with Crippen LogP contribution in [0.5, 0.6) is 0 Å². The third kappa shape index (κ3) is 4.48. The van der Waals surface area contributed by atoms with Crippen LogP contribution in [0.2, 0.25) is 5.02 Å². The van der Waals surface area contributed by atoms with E-state index in [9.17, 15) is 4.79 Å². The number of nitrogens with two attached hydrogens (primary N) is 1. The Morgan fingerprint density at radius 2 is 2.22 bits per heavy atom. The van der Waals surface area contributed by atoms with Crippen molar-refractivity contribution in [1.29, 1.82) is 0 Å². The van der Waals surface area contributed by atoms with E-state index in [2.05, 4.69) is 5.32 Å². The number of halogens is 1. The first-order valence-electron chi connectivity index (χ1n) is 5.66. The van der Waals surface area contributed by atoms with Crippen molar-refractivity contribution in [3.05, 3.63) is 20.8 Å². The lowest BCUT2D eigenvalue weighted by atomic mass is 10.2. The number of carbonyl (C=O) groups excluding carboxylic acids is 1. The number of rotatable bonds is 3. The number of alkyl carbamates (subject to hydrolysis) is 1. The minimum atomic E-state index is -0.509. The Balaban J connectivity index is 2.49. The molecule has 0 aliphatic carbocycles. The van der Waals surface area contributed by atoms with Crippen LogP contribution in [0.4, 0.5) is 4.79 Å². The summed E-state index contributed by atoms with van der Waals surface area (Å²) in [5.74, 6) is 0. The Morgan fingerprint density at radius 1 is 1.61 bits per heavy atom. The Labute approximate surface area is 116 Å². The molecule has 1 unspecified atom stereocenters. The molecule has 0 saturated heterocycles. The number of thiophene rings is 1. The molecule has 1 aromatic rings. The van der Waals surface area contributed by atoms with Gasteiger partial charge in [0.25, 0.3) is 0 Å². The van der Waals surface area contributed by atoms with E-state index in [0.717, 1.165) is 10.4 Å². The average Bonchev–Trinajstić information content (AvgIpc) is 2.54. The van der Waals surface area contributed by atoms with Gasteiger partial charge in [-0.25, -0.2) is 4.79 Å². The Hall–Kier alpha value is -0.780. The van der Waals surface area contributed by atoms with Gasteiger partial charge in [-0.3, -0.25) is 0 Å². The highest BCUT2D eigenvalue weighted by molar-refractivity contribution is 7.10. The quantitative estimate of drug-likeness (QED) is 0.898. The van der Waals surface area contributed by atoms with Crippen molar-refractivity contribution in [3.8, 4) is 0 Å². The summed E-state index contributed by atoms with van der Waals surface area (Å²) in [5.41, 5.74) is 6.47. The van der Waals surface area contributed by atoms with E-state index in [0.29, 0.717) is 11.6 Å². The molecule has 1 rings (SSSR count). The lowest BCUT2D eigenvalue weighted by molar-refractivity contribution is 0.0524. The molecular formula is C12H19ClN2O2S. The fourth-order valence-corrected chi connectivity index (χ4v) is 2.64. The fraction of sp³-hybridized carbons (Fsp3) is 0.583. The summed E-state index contributed by atoms with van der Waals surface area (Å²) in [6.07, 6.45) is -0.470. The first-order valence-corrected chi connectivity index (χ1v) is 6.92. The van der Waals surface area contributed by atoms with E-state index in [1.807, 2.05) is 33.1 Å². The van der Waals surface area contributed by atoms with Gasteiger partial charge in [0.05, 0.1) is 11.1 Å². The number of aryl methyl sites for hydroxylation is 1. The highest BCUT2D eigenvalue weighted by Gasteiger charge is 2.18. The van der Waals surface area contributed by atoms with Crippen molar-refractivity contribution in [2.24, 2.45) is 5.73 Å². The normalized spacial score (nSPS) is 13.2. The molecule has 1 aromatic heterocycles. The van der Waals surface area contributed by atoms with Gasteiger partial charge in [-0.2, -0.15) is 0 Å². The molecule has 1 heterocycles. The lowest BCUT2D eigenvalue weighted by Crippen LogP contribution is -2.36. The highest BCUT2D eigenvalue weighted by atomic mass is 35.5. The van der Waals surface area contributed by atoms with Gasteiger partial charge in [-0.1, -0.05) is 11.6 Å². The van der Waals surface area contributed by atoms with Crippen LogP contribution in [0.3, 0.4) is 0 Å². The minimum Gasteiger partial charge on any atom is -0.444 e. The van der Waals surface area contributed by atoms with Gasteiger partial charge in [0.1, 0.15) is 5.60 Å². The summed E-state index contributed by atoms with van der Waals surface area (Å²) >= 11 is 7.61. The molecule has 102 valence electrons. The molecule has 3 N–H and O–H groups in total. The number of ether oxygens (including phenoxy) is 1. The summed E-state index contributed by atoms with van der Waals surface area (Å²) in [6, 6.07) is -0.316. The molecule has 0 aliphatic rings. The predicted molar refractivity (Wildman–Crippen MR) is 75.2 cm³/mol. The van der Waals surface area contributed by atoms with Crippen LogP contribution in [0.15, 0.2) is 5.38 Å². The van der Waals surface area contributed by atoms with Gasteiger partial charge in [0, 0.05) is 11.4 Å². The second-order valence-electron chi connectivity index (χ2n) is 5.09. The van der Waals surface area contributed by atoms with Crippen LogP contribution in [0, 0.1) is 6.92 Å². The van der Waals surface area contributed by atoms with E-state index in [4.69, 9.17) is 22.1 Å². The second-order valence-corrected chi connectivity index (χ2v) is 6.38. The topological polar surface area (TPSA) is 64.3 Å². The Bertz CT molecular complexity index is 426. The van der Waals surface area contributed by atoms with E-state index in [-0.39, 0.29) is 6.04 Å². The van der Waals surface area contributed by atoms with E-state index < -0.39 is 11.7 Å². The monoisotopic (exact) mass is 290 g/mol. The number of nitrogens with one attached hydrogen (secondary N) is 1. The van der Waals surface area contributed by atoms with E-state index >= 15 is 0 Å². The smallest absolute Gasteiger partial charge is 0.407 e. The SMILES string of the molecule is Cc1csc(C(N)CNC(=O)OC(C)(C)C)c1Cl. The third-order valence-electron chi connectivity index (χ3n) is 2.13. The zero-order valence-corrected chi connectivity index (χ0v) is 12.6.